The molecule has 3 aromatic carbocycles. The molecule has 6 rings (SSSR count). The lowest BCUT2D eigenvalue weighted by atomic mass is 9.92. The molecule has 0 radical (unpaired) electrons. The van der Waals surface area contributed by atoms with Crippen LogP contribution in [-0.4, -0.2) is 53.9 Å². The Kier molecular flexibility index (Phi) is 9.09. The van der Waals surface area contributed by atoms with E-state index < -0.39 is 11.9 Å². The lowest BCUT2D eigenvalue weighted by Gasteiger charge is -2.26. The fourth-order valence-electron chi connectivity index (χ4n) is 5.71. The Balaban J connectivity index is 1.55. The summed E-state index contributed by atoms with van der Waals surface area (Å²) in [5.41, 5.74) is 7.66. The van der Waals surface area contributed by atoms with Gasteiger partial charge in [0.05, 0.1) is 18.0 Å². The second kappa shape index (κ2) is 13.5. The van der Waals surface area contributed by atoms with Gasteiger partial charge in [-0.2, -0.15) is 0 Å². The molecule has 5 aromatic rings. The summed E-state index contributed by atoms with van der Waals surface area (Å²) in [6, 6.07) is 20.4. The van der Waals surface area contributed by atoms with Crippen LogP contribution in [-0.2, 0) is 29.0 Å². The first kappa shape index (κ1) is 30.9. The predicted molar refractivity (Wildman–Crippen MR) is 177 cm³/mol. The van der Waals surface area contributed by atoms with E-state index in [-0.39, 0.29) is 12.5 Å². The highest BCUT2D eigenvalue weighted by atomic mass is 32.1. The number of ether oxygens (including phenoxy) is 2. The molecular weight excluding hydrogens is 605 g/mol. The number of methoxy groups -OCH3 is 1. The number of nitrogens with zero attached hydrogens (tertiary/aromatic N) is 2. The number of aromatic nitrogens is 1. The van der Waals surface area contributed by atoms with Gasteiger partial charge in [-0.3, -0.25) is 4.79 Å². The standard InChI is InChI=1S/C36H32FN3O5S/c1-3-31(41)38-20-22-5-4-6-24(17-22)34-32(28-10-9-27(37)19-30(28)45-15-14-44-2)35-29(12-16-46-35)33(39-34)25-7-8-26-21-40(36(42)43)13-11-23(26)18-25/h3-10,12,16-19H,1,11,13-15,20-21H2,2H3,(H,38,41)(H,42,43). The van der Waals surface area contributed by atoms with E-state index in [1.807, 2.05) is 47.8 Å². The molecule has 0 atom stereocenters. The molecule has 234 valence electrons. The van der Waals surface area contributed by atoms with Crippen molar-refractivity contribution in [1.29, 1.82) is 0 Å². The first-order valence-corrected chi connectivity index (χ1v) is 15.7. The van der Waals surface area contributed by atoms with Crippen LogP contribution in [0.3, 0.4) is 0 Å². The van der Waals surface area contributed by atoms with E-state index in [1.54, 1.807) is 24.5 Å². The molecule has 0 saturated carbocycles. The summed E-state index contributed by atoms with van der Waals surface area (Å²) >= 11 is 1.57. The van der Waals surface area contributed by atoms with Crippen LogP contribution in [0.5, 0.6) is 5.75 Å². The molecule has 0 aliphatic carbocycles. The van der Waals surface area contributed by atoms with Crippen molar-refractivity contribution in [3.8, 4) is 39.4 Å². The number of amides is 2. The quantitative estimate of drug-likeness (QED) is 0.123. The average Bonchev–Trinajstić information content (AvgIpc) is 3.56. The van der Waals surface area contributed by atoms with Crippen molar-refractivity contribution in [2.45, 2.75) is 19.5 Å². The minimum absolute atomic E-state index is 0.244. The molecular formula is C36H32FN3O5S. The Labute approximate surface area is 269 Å². The van der Waals surface area contributed by atoms with Crippen molar-refractivity contribution in [3.05, 3.63) is 107 Å². The SMILES string of the molecule is C=CC(=O)NCc1cccc(-c2nc(-c3ccc4c(c3)CCN(C(=O)O)C4)c3ccsc3c2-c2ccc(F)cc2OCCOC)c1. The number of carboxylic acid groups (broad SMARTS) is 1. The van der Waals surface area contributed by atoms with Crippen LogP contribution in [0.1, 0.15) is 16.7 Å². The zero-order chi connectivity index (χ0) is 32.2. The Morgan fingerprint density at radius 3 is 2.72 bits per heavy atom. The van der Waals surface area contributed by atoms with Gasteiger partial charge >= 0.3 is 6.09 Å². The summed E-state index contributed by atoms with van der Waals surface area (Å²) in [6.07, 6.45) is 0.927. The fraction of sp³-hybridized carbons (Fsp3) is 0.194. The van der Waals surface area contributed by atoms with Gasteiger partial charge in [-0.1, -0.05) is 36.9 Å². The minimum Gasteiger partial charge on any atom is -0.490 e. The van der Waals surface area contributed by atoms with Crippen LogP contribution in [0.4, 0.5) is 9.18 Å². The van der Waals surface area contributed by atoms with Gasteiger partial charge in [0, 0.05) is 65.2 Å². The second-order valence-corrected chi connectivity index (χ2v) is 11.8. The Hall–Kier alpha value is -5.06. The van der Waals surface area contributed by atoms with Gasteiger partial charge in [0.2, 0.25) is 5.91 Å². The first-order valence-electron chi connectivity index (χ1n) is 14.8. The molecule has 3 heterocycles. The third kappa shape index (κ3) is 6.35. The number of carbonyl (C=O) groups excluding carboxylic acids is 1. The topological polar surface area (TPSA) is 101 Å². The van der Waals surface area contributed by atoms with Crippen LogP contribution in [0.15, 0.2) is 84.8 Å². The molecule has 2 aromatic heterocycles. The number of halogens is 1. The van der Waals surface area contributed by atoms with Crippen molar-refractivity contribution in [1.82, 2.24) is 15.2 Å². The lowest BCUT2D eigenvalue weighted by molar-refractivity contribution is -0.116. The smallest absolute Gasteiger partial charge is 0.407 e. The van der Waals surface area contributed by atoms with Crippen molar-refractivity contribution >= 4 is 33.4 Å². The van der Waals surface area contributed by atoms with Gasteiger partial charge in [-0.05, 0) is 64.9 Å². The van der Waals surface area contributed by atoms with Crippen LogP contribution in [0.2, 0.25) is 0 Å². The van der Waals surface area contributed by atoms with E-state index in [9.17, 15) is 19.1 Å². The summed E-state index contributed by atoms with van der Waals surface area (Å²) in [5.74, 6) is -0.302. The first-order chi connectivity index (χ1) is 22.4. The van der Waals surface area contributed by atoms with Gasteiger partial charge in [-0.15, -0.1) is 11.3 Å². The monoisotopic (exact) mass is 637 g/mol. The number of hydrogen-bond acceptors (Lipinski definition) is 6. The van der Waals surface area contributed by atoms with E-state index in [0.29, 0.717) is 49.7 Å². The predicted octanol–water partition coefficient (Wildman–Crippen LogP) is 7.30. The van der Waals surface area contributed by atoms with E-state index in [0.717, 1.165) is 49.2 Å². The van der Waals surface area contributed by atoms with Gasteiger partial charge in [0.1, 0.15) is 18.2 Å². The molecule has 0 unspecified atom stereocenters. The summed E-state index contributed by atoms with van der Waals surface area (Å²) in [4.78, 5) is 30.2. The molecule has 0 saturated heterocycles. The number of nitrogens with one attached hydrogen (secondary N) is 1. The number of pyridine rings is 1. The number of rotatable bonds is 10. The van der Waals surface area contributed by atoms with E-state index in [4.69, 9.17) is 14.5 Å². The van der Waals surface area contributed by atoms with E-state index >= 15 is 0 Å². The highest BCUT2D eigenvalue weighted by molar-refractivity contribution is 7.18. The molecule has 0 bridgehead atoms. The van der Waals surface area contributed by atoms with Crippen molar-refractivity contribution < 1.29 is 28.6 Å². The molecule has 0 fully saturated rings. The van der Waals surface area contributed by atoms with Crippen LogP contribution >= 0.6 is 11.3 Å². The number of benzene rings is 3. The average molecular weight is 638 g/mol. The van der Waals surface area contributed by atoms with Crippen molar-refractivity contribution in [2.75, 3.05) is 26.9 Å². The second-order valence-electron chi connectivity index (χ2n) is 10.9. The molecule has 1 aliphatic rings. The van der Waals surface area contributed by atoms with E-state index in [1.165, 1.54) is 23.1 Å². The fourth-order valence-corrected chi connectivity index (χ4v) is 6.67. The molecule has 1 aliphatic heterocycles. The number of carbonyl (C=O) groups is 2. The molecule has 46 heavy (non-hydrogen) atoms. The normalized spacial score (nSPS) is 12.5. The number of fused-ring (bicyclic) bond motifs is 2. The minimum atomic E-state index is -0.922. The number of hydrogen-bond donors (Lipinski definition) is 2. The maximum Gasteiger partial charge on any atom is 0.407 e. The summed E-state index contributed by atoms with van der Waals surface area (Å²) in [5, 5.41) is 15.3. The van der Waals surface area contributed by atoms with Crippen LogP contribution < -0.4 is 10.1 Å². The summed E-state index contributed by atoms with van der Waals surface area (Å²) in [6.45, 7) is 5.21. The Morgan fingerprint density at radius 2 is 1.91 bits per heavy atom. The third-order valence-corrected chi connectivity index (χ3v) is 8.91. The van der Waals surface area contributed by atoms with Crippen molar-refractivity contribution in [3.63, 3.8) is 0 Å². The maximum absolute atomic E-state index is 14.6. The molecule has 0 spiro atoms. The highest BCUT2D eigenvalue weighted by Gasteiger charge is 2.24. The highest BCUT2D eigenvalue weighted by Crippen LogP contribution is 2.46. The molecule has 2 N–H and O–H groups in total. The largest absolute Gasteiger partial charge is 0.490 e. The van der Waals surface area contributed by atoms with Gasteiger partial charge < -0.3 is 24.8 Å². The molecule has 10 heteroatoms. The van der Waals surface area contributed by atoms with Crippen molar-refractivity contribution in [2.24, 2.45) is 0 Å². The van der Waals surface area contributed by atoms with Crippen LogP contribution in [0, 0.1) is 5.82 Å². The number of thiophene rings is 1. The lowest BCUT2D eigenvalue weighted by Crippen LogP contribution is -2.34. The zero-order valence-corrected chi connectivity index (χ0v) is 26.0. The third-order valence-electron chi connectivity index (χ3n) is 7.98. The Bertz CT molecular complexity index is 1960. The molecule has 2 amide bonds. The zero-order valence-electron chi connectivity index (χ0n) is 25.2. The van der Waals surface area contributed by atoms with Gasteiger partial charge in [0.15, 0.2) is 0 Å². The molecule has 8 nitrogen and oxygen atoms in total. The summed E-state index contributed by atoms with van der Waals surface area (Å²) < 4.78 is 26.8. The Morgan fingerprint density at radius 1 is 1.07 bits per heavy atom. The summed E-state index contributed by atoms with van der Waals surface area (Å²) in [7, 11) is 1.58. The van der Waals surface area contributed by atoms with E-state index in [2.05, 4.69) is 18.0 Å². The maximum atomic E-state index is 14.6. The van der Waals surface area contributed by atoms with Gasteiger partial charge in [-0.25, -0.2) is 14.2 Å². The van der Waals surface area contributed by atoms with Gasteiger partial charge in [0.25, 0.3) is 0 Å². The van der Waals surface area contributed by atoms with Crippen LogP contribution in [0.25, 0.3) is 43.7 Å².